The molecule has 0 aliphatic rings. The summed E-state index contributed by atoms with van der Waals surface area (Å²) in [4.78, 5) is 24.2. The van der Waals surface area contributed by atoms with Crippen LogP contribution in [0.5, 0.6) is 0 Å². The van der Waals surface area contributed by atoms with E-state index >= 15 is 0 Å². The van der Waals surface area contributed by atoms with E-state index in [1.165, 1.54) is 21.7 Å². The average Bonchev–Trinajstić information content (AvgIpc) is 2.67. The van der Waals surface area contributed by atoms with Crippen LogP contribution in [0.25, 0.3) is 0 Å². The van der Waals surface area contributed by atoms with Gasteiger partial charge >= 0.3 is 177 Å². The molecule has 0 unspecified atom stereocenters. The van der Waals surface area contributed by atoms with Gasteiger partial charge in [-0.25, -0.2) is 0 Å². The van der Waals surface area contributed by atoms with Gasteiger partial charge in [0, 0.05) is 0 Å². The Morgan fingerprint density at radius 2 is 1.04 bits per heavy atom. The van der Waals surface area contributed by atoms with E-state index in [9.17, 15) is 9.59 Å². The quantitative estimate of drug-likeness (QED) is 0.121. The zero-order chi connectivity index (χ0) is 20.4. The minimum absolute atomic E-state index is 0.0892. The fraction of sp³-hybridized carbons (Fsp3) is 0.900. The summed E-state index contributed by atoms with van der Waals surface area (Å²) < 4.78 is 13.1. The zero-order valence-corrected chi connectivity index (χ0v) is 22.3. The van der Waals surface area contributed by atoms with Crippen LogP contribution in [0.2, 0.25) is 8.87 Å². The Labute approximate surface area is 176 Å². The van der Waals surface area contributed by atoms with Crippen molar-refractivity contribution >= 4 is 45.4 Å². The summed E-state index contributed by atoms with van der Waals surface area (Å²) in [5, 5.41) is 0. The molecule has 7 heteroatoms. The molecular weight excluding hydrogens is 487 g/mol. The van der Waals surface area contributed by atoms with Crippen molar-refractivity contribution in [1.29, 1.82) is 0 Å². The SMILES string of the molecule is CCCCOC(=O)C[S][Sn]([CH2]CCC)([CH2]CCC)[S]CC(=O)OCCCC. The van der Waals surface area contributed by atoms with E-state index in [4.69, 9.17) is 9.47 Å². The Kier molecular flexibility index (Phi) is 18.8. The molecule has 0 aliphatic carbocycles. The van der Waals surface area contributed by atoms with E-state index in [1.807, 2.05) is 17.9 Å². The molecule has 0 aromatic carbocycles. The monoisotopic (exact) mass is 528 g/mol. The first-order valence-electron chi connectivity index (χ1n) is 10.6. The average molecular weight is 527 g/mol. The molecule has 0 aliphatic heterocycles. The van der Waals surface area contributed by atoms with Crippen molar-refractivity contribution in [3.8, 4) is 0 Å². The number of carbonyl (C=O) groups is 2. The van der Waals surface area contributed by atoms with Gasteiger partial charge in [-0.05, 0) is 0 Å². The number of carbonyl (C=O) groups excluding carboxylic acids is 2. The summed E-state index contributed by atoms with van der Waals surface area (Å²) in [7, 11) is 3.75. The number of rotatable bonds is 18. The maximum absolute atomic E-state index is 12.1. The molecular formula is C20H40O4S2Sn. The van der Waals surface area contributed by atoms with Crippen LogP contribution in [-0.2, 0) is 19.1 Å². The van der Waals surface area contributed by atoms with Crippen LogP contribution >= 0.6 is 17.9 Å². The predicted octanol–water partition coefficient (Wildman–Crippen LogP) is 6.18. The summed E-state index contributed by atoms with van der Waals surface area (Å²) >= 11 is -2.70. The third-order valence-corrected chi connectivity index (χ3v) is 34.1. The third kappa shape index (κ3) is 15.0. The van der Waals surface area contributed by atoms with Gasteiger partial charge in [-0.15, -0.1) is 0 Å². The van der Waals surface area contributed by atoms with Crippen molar-refractivity contribution in [1.82, 2.24) is 0 Å². The van der Waals surface area contributed by atoms with E-state index < -0.39 is 15.6 Å². The summed E-state index contributed by atoms with van der Waals surface area (Å²) in [6.45, 7) is 9.66. The van der Waals surface area contributed by atoms with Gasteiger partial charge in [0.15, 0.2) is 0 Å². The Morgan fingerprint density at radius 1 is 0.667 bits per heavy atom. The van der Waals surface area contributed by atoms with E-state index in [-0.39, 0.29) is 11.9 Å². The summed E-state index contributed by atoms with van der Waals surface area (Å²) in [5.74, 6) is 0.721. The number of esters is 2. The molecule has 0 aromatic heterocycles. The van der Waals surface area contributed by atoms with Gasteiger partial charge in [0.1, 0.15) is 0 Å². The van der Waals surface area contributed by atoms with Crippen molar-refractivity contribution in [2.24, 2.45) is 0 Å². The van der Waals surface area contributed by atoms with Crippen molar-refractivity contribution in [3.05, 3.63) is 0 Å². The van der Waals surface area contributed by atoms with Gasteiger partial charge in [-0.3, -0.25) is 0 Å². The number of unbranched alkanes of at least 4 members (excludes halogenated alkanes) is 4. The Hall–Kier alpha value is 0.439. The number of ether oxygens (including phenoxy) is 2. The van der Waals surface area contributed by atoms with Gasteiger partial charge in [0.25, 0.3) is 0 Å². The standard InChI is InChI=1S/2C6H12O2S.2C4H9.Sn/c2*1-2-3-4-8-6(7)5-9;2*1-3-4-2;/h2*9H,2-5H2,1H3;2*1,3-4H2,2H3;/q;;;;+2/p-2. The van der Waals surface area contributed by atoms with E-state index in [0.717, 1.165) is 38.5 Å². The second-order valence-corrected chi connectivity index (χ2v) is 33.2. The first-order valence-corrected chi connectivity index (χ1v) is 23.6. The van der Waals surface area contributed by atoms with E-state index in [1.54, 1.807) is 0 Å². The van der Waals surface area contributed by atoms with Crippen molar-refractivity contribution in [2.75, 3.05) is 24.7 Å². The fourth-order valence-electron chi connectivity index (χ4n) is 2.47. The first kappa shape index (κ1) is 27.4. The molecule has 0 bridgehead atoms. The second-order valence-electron chi connectivity index (χ2n) is 6.84. The fourth-order valence-corrected chi connectivity index (χ4v) is 30.0. The summed E-state index contributed by atoms with van der Waals surface area (Å²) in [6, 6.07) is 0. The second kappa shape index (κ2) is 18.5. The molecule has 4 nitrogen and oxygen atoms in total. The molecule has 160 valence electrons. The Balaban J connectivity index is 4.77. The van der Waals surface area contributed by atoms with Crippen molar-refractivity contribution < 1.29 is 19.1 Å². The topological polar surface area (TPSA) is 52.6 Å². The van der Waals surface area contributed by atoms with Gasteiger partial charge in [0.2, 0.25) is 0 Å². The first-order chi connectivity index (χ1) is 13.0. The molecule has 0 N–H and O–H groups in total. The molecule has 0 fully saturated rings. The van der Waals surface area contributed by atoms with Crippen LogP contribution < -0.4 is 0 Å². The molecule has 0 heterocycles. The Morgan fingerprint density at radius 3 is 1.37 bits per heavy atom. The molecule has 0 atom stereocenters. The number of hydrogen-bond acceptors (Lipinski definition) is 6. The van der Waals surface area contributed by atoms with Gasteiger partial charge < -0.3 is 0 Å². The van der Waals surface area contributed by atoms with Crippen LogP contribution in [-0.4, -0.2) is 52.3 Å². The van der Waals surface area contributed by atoms with Crippen LogP contribution in [0.3, 0.4) is 0 Å². The van der Waals surface area contributed by atoms with Crippen LogP contribution in [0.1, 0.15) is 79.1 Å². The van der Waals surface area contributed by atoms with Crippen molar-refractivity contribution in [2.45, 2.75) is 87.9 Å². The van der Waals surface area contributed by atoms with Crippen molar-refractivity contribution in [3.63, 3.8) is 0 Å². The van der Waals surface area contributed by atoms with Gasteiger partial charge in [-0.1, -0.05) is 0 Å². The Bertz CT molecular complexity index is 358. The summed E-state index contributed by atoms with van der Waals surface area (Å²) in [5.41, 5.74) is 0. The zero-order valence-electron chi connectivity index (χ0n) is 17.8. The molecule has 0 saturated carbocycles. The maximum atomic E-state index is 12.1. The molecule has 0 radical (unpaired) electrons. The molecule has 0 aromatic rings. The van der Waals surface area contributed by atoms with Crippen LogP contribution in [0.4, 0.5) is 0 Å². The van der Waals surface area contributed by atoms with Gasteiger partial charge in [0.05, 0.1) is 0 Å². The van der Waals surface area contributed by atoms with Crippen LogP contribution in [0.15, 0.2) is 0 Å². The van der Waals surface area contributed by atoms with Gasteiger partial charge in [-0.2, -0.15) is 0 Å². The molecule has 0 saturated heterocycles. The predicted molar refractivity (Wildman–Crippen MR) is 122 cm³/mol. The van der Waals surface area contributed by atoms with E-state index in [0.29, 0.717) is 24.7 Å². The summed E-state index contributed by atoms with van der Waals surface area (Å²) in [6.07, 6.45) is 8.62. The van der Waals surface area contributed by atoms with Crippen LogP contribution in [0, 0.1) is 0 Å². The van der Waals surface area contributed by atoms with E-state index in [2.05, 4.69) is 27.7 Å². The normalized spacial score (nSPS) is 11.4. The third-order valence-electron chi connectivity index (χ3n) is 4.25. The minimum atomic E-state index is -2.70. The molecule has 0 rings (SSSR count). The molecule has 0 spiro atoms. The molecule has 0 amide bonds. The number of hydrogen-bond donors (Lipinski definition) is 0. The molecule has 27 heavy (non-hydrogen) atoms.